The summed E-state index contributed by atoms with van der Waals surface area (Å²) in [6.45, 7) is 4.01. The maximum absolute atomic E-state index is 11.5. The molecule has 4 rings (SSSR count). The Labute approximate surface area is 135 Å². The molecule has 4 fully saturated rings. The molecule has 0 saturated heterocycles. The van der Waals surface area contributed by atoms with Gasteiger partial charge in [0.05, 0.1) is 0 Å². The molecule has 0 aromatic rings. The molecule has 0 amide bonds. The molecule has 0 heterocycles. The van der Waals surface area contributed by atoms with Crippen LogP contribution in [-0.2, 0) is 9.53 Å². The summed E-state index contributed by atoms with van der Waals surface area (Å²) in [5, 5.41) is 0. The van der Waals surface area contributed by atoms with Crippen molar-refractivity contribution in [3.63, 3.8) is 0 Å². The highest BCUT2D eigenvalue weighted by Gasteiger charge is 2.57. The van der Waals surface area contributed by atoms with E-state index < -0.39 is 0 Å². The third-order valence-electron chi connectivity index (χ3n) is 8.10. The Morgan fingerprint density at radius 3 is 2.55 bits per heavy atom. The van der Waals surface area contributed by atoms with Gasteiger partial charge in [-0.1, -0.05) is 26.2 Å². The summed E-state index contributed by atoms with van der Waals surface area (Å²) in [5.74, 6) is 4.74. The van der Waals surface area contributed by atoms with Crippen molar-refractivity contribution in [2.24, 2.45) is 35.0 Å². The van der Waals surface area contributed by atoms with Crippen molar-refractivity contribution in [2.75, 3.05) is 0 Å². The average Bonchev–Trinajstić information content (AvgIpc) is 2.83. The lowest BCUT2D eigenvalue weighted by Crippen LogP contribution is -2.49. The first-order valence-corrected chi connectivity index (χ1v) is 9.77. The number of esters is 1. The van der Waals surface area contributed by atoms with E-state index in [0.29, 0.717) is 0 Å². The van der Waals surface area contributed by atoms with E-state index >= 15 is 0 Å². The minimum atomic E-state index is -0.0787. The lowest BCUT2D eigenvalue weighted by atomic mass is 9.50. The van der Waals surface area contributed by atoms with Crippen molar-refractivity contribution in [1.29, 1.82) is 0 Å². The van der Waals surface area contributed by atoms with Gasteiger partial charge < -0.3 is 4.74 Å². The molecule has 0 aliphatic heterocycles. The number of carbonyl (C=O) groups is 1. The van der Waals surface area contributed by atoms with Gasteiger partial charge in [0.2, 0.25) is 0 Å². The van der Waals surface area contributed by atoms with Crippen molar-refractivity contribution in [3.05, 3.63) is 0 Å². The monoisotopic (exact) mass is 304 g/mol. The third kappa shape index (κ3) is 2.24. The molecular formula is C20H32O2. The number of hydrogen-bond donors (Lipinski definition) is 0. The second kappa shape index (κ2) is 5.53. The summed E-state index contributed by atoms with van der Waals surface area (Å²) in [7, 11) is 0. The second-order valence-corrected chi connectivity index (χ2v) is 8.94. The lowest BCUT2D eigenvalue weighted by molar-refractivity contribution is -0.157. The van der Waals surface area contributed by atoms with Crippen LogP contribution in [0.25, 0.3) is 0 Å². The van der Waals surface area contributed by atoms with Crippen LogP contribution in [0.5, 0.6) is 0 Å². The first-order chi connectivity index (χ1) is 10.6. The molecule has 7 atom stereocenters. The number of carbonyl (C=O) groups excluding carboxylic acids is 1. The highest BCUT2D eigenvalue weighted by atomic mass is 16.5. The van der Waals surface area contributed by atoms with E-state index in [2.05, 4.69) is 6.92 Å². The van der Waals surface area contributed by atoms with Gasteiger partial charge in [0.1, 0.15) is 6.10 Å². The zero-order valence-electron chi connectivity index (χ0n) is 14.4. The summed E-state index contributed by atoms with van der Waals surface area (Å²) >= 11 is 0. The molecule has 7 unspecified atom stereocenters. The molecule has 2 heteroatoms. The van der Waals surface area contributed by atoms with Gasteiger partial charge >= 0.3 is 5.97 Å². The molecule has 124 valence electrons. The molecule has 22 heavy (non-hydrogen) atoms. The Balaban J connectivity index is 1.54. The third-order valence-corrected chi connectivity index (χ3v) is 8.10. The van der Waals surface area contributed by atoms with Crippen molar-refractivity contribution in [1.82, 2.24) is 0 Å². The Hall–Kier alpha value is -0.530. The van der Waals surface area contributed by atoms with E-state index in [-0.39, 0.29) is 17.5 Å². The fraction of sp³-hybridized carbons (Fsp3) is 0.950. The molecule has 0 aromatic carbocycles. The Kier molecular flexibility index (Phi) is 3.77. The van der Waals surface area contributed by atoms with Crippen LogP contribution in [0, 0.1) is 35.0 Å². The molecule has 0 bridgehead atoms. The fourth-order valence-corrected chi connectivity index (χ4v) is 7.17. The number of hydrogen-bond acceptors (Lipinski definition) is 2. The SMILES string of the molecule is CC(=O)OC1CCC2C3CCC4CCCCC4C3CCC12C. The van der Waals surface area contributed by atoms with Crippen molar-refractivity contribution < 1.29 is 9.53 Å². The molecule has 0 spiro atoms. The van der Waals surface area contributed by atoms with E-state index in [4.69, 9.17) is 4.74 Å². The van der Waals surface area contributed by atoms with Gasteiger partial charge in [0, 0.05) is 12.3 Å². The van der Waals surface area contributed by atoms with Crippen LogP contribution in [0.2, 0.25) is 0 Å². The van der Waals surface area contributed by atoms with Crippen LogP contribution < -0.4 is 0 Å². The van der Waals surface area contributed by atoms with Gasteiger partial charge in [0.25, 0.3) is 0 Å². The van der Waals surface area contributed by atoms with Crippen molar-refractivity contribution >= 4 is 5.97 Å². The normalized spacial score (nSPS) is 50.6. The molecule has 4 saturated carbocycles. The first-order valence-electron chi connectivity index (χ1n) is 9.77. The highest BCUT2D eigenvalue weighted by molar-refractivity contribution is 5.66. The van der Waals surface area contributed by atoms with E-state index in [1.54, 1.807) is 6.92 Å². The van der Waals surface area contributed by atoms with E-state index in [9.17, 15) is 4.79 Å². The standard InChI is InChI=1S/C20H32O2/c1-13(21)22-19-10-9-18-17-8-7-14-5-3-4-6-15(14)16(17)11-12-20(18,19)2/h14-19H,3-12H2,1-2H3. The van der Waals surface area contributed by atoms with E-state index in [0.717, 1.165) is 36.0 Å². The van der Waals surface area contributed by atoms with Crippen LogP contribution in [0.15, 0.2) is 0 Å². The average molecular weight is 304 g/mol. The zero-order valence-corrected chi connectivity index (χ0v) is 14.4. The topological polar surface area (TPSA) is 26.3 Å². The fourth-order valence-electron chi connectivity index (χ4n) is 7.17. The molecule has 4 aliphatic carbocycles. The second-order valence-electron chi connectivity index (χ2n) is 8.94. The minimum absolute atomic E-state index is 0.0787. The predicted molar refractivity (Wildman–Crippen MR) is 87.3 cm³/mol. The van der Waals surface area contributed by atoms with Crippen molar-refractivity contribution in [3.8, 4) is 0 Å². The van der Waals surface area contributed by atoms with Crippen LogP contribution in [0.4, 0.5) is 0 Å². The van der Waals surface area contributed by atoms with Gasteiger partial charge in [-0.25, -0.2) is 0 Å². The van der Waals surface area contributed by atoms with Crippen LogP contribution in [-0.4, -0.2) is 12.1 Å². The van der Waals surface area contributed by atoms with Gasteiger partial charge in [-0.05, 0) is 74.5 Å². The zero-order chi connectivity index (χ0) is 15.3. The molecule has 2 nitrogen and oxygen atoms in total. The summed E-state index contributed by atoms with van der Waals surface area (Å²) in [4.78, 5) is 11.5. The largest absolute Gasteiger partial charge is 0.462 e. The van der Waals surface area contributed by atoms with E-state index in [1.807, 2.05) is 0 Å². The first kappa shape index (κ1) is 15.0. The van der Waals surface area contributed by atoms with Crippen LogP contribution in [0.1, 0.15) is 78.1 Å². The Morgan fingerprint density at radius 2 is 1.73 bits per heavy atom. The molecule has 0 aromatic heterocycles. The quantitative estimate of drug-likeness (QED) is 0.640. The van der Waals surface area contributed by atoms with E-state index in [1.165, 1.54) is 57.8 Å². The van der Waals surface area contributed by atoms with Gasteiger partial charge in [-0.3, -0.25) is 4.79 Å². The van der Waals surface area contributed by atoms with Gasteiger partial charge in [-0.2, -0.15) is 0 Å². The lowest BCUT2D eigenvalue weighted by Gasteiger charge is -2.55. The number of rotatable bonds is 1. The van der Waals surface area contributed by atoms with Crippen LogP contribution in [0.3, 0.4) is 0 Å². The van der Waals surface area contributed by atoms with Gasteiger partial charge in [0.15, 0.2) is 0 Å². The Bertz CT molecular complexity index is 445. The predicted octanol–water partition coefficient (Wildman–Crippen LogP) is 4.96. The Morgan fingerprint density at radius 1 is 0.909 bits per heavy atom. The summed E-state index contributed by atoms with van der Waals surface area (Å²) in [5.41, 5.74) is 0.272. The molecule has 4 aliphatic rings. The maximum atomic E-state index is 11.5. The number of ether oxygens (including phenoxy) is 1. The molecular weight excluding hydrogens is 272 g/mol. The van der Waals surface area contributed by atoms with Crippen molar-refractivity contribution in [2.45, 2.75) is 84.2 Å². The summed E-state index contributed by atoms with van der Waals surface area (Å²) < 4.78 is 5.73. The number of fused-ring (bicyclic) bond motifs is 5. The summed E-state index contributed by atoms with van der Waals surface area (Å²) in [6, 6.07) is 0. The molecule has 0 radical (unpaired) electrons. The smallest absolute Gasteiger partial charge is 0.302 e. The summed E-state index contributed by atoms with van der Waals surface area (Å²) in [6.07, 6.45) is 14.2. The maximum Gasteiger partial charge on any atom is 0.302 e. The van der Waals surface area contributed by atoms with Gasteiger partial charge in [-0.15, -0.1) is 0 Å². The highest BCUT2D eigenvalue weighted by Crippen LogP contribution is 2.62. The van der Waals surface area contributed by atoms with Crippen LogP contribution >= 0.6 is 0 Å². The minimum Gasteiger partial charge on any atom is -0.462 e. The molecule has 0 N–H and O–H groups in total.